The summed E-state index contributed by atoms with van der Waals surface area (Å²) >= 11 is 0. The molecule has 5 rings (SSSR count). The molecule has 0 saturated carbocycles. The lowest BCUT2D eigenvalue weighted by Gasteiger charge is -2.38. The van der Waals surface area contributed by atoms with Crippen LogP contribution >= 0.6 is 0 Å². The Labute approximate surface area is 210 Å². The molecular weight excluding hydrogens is 464 g/mol. The van der Waals surface area contributed by atoms with Gasteiger partial charge in [-0.3, -0.25) is 9.88 Å². The summed E-state index contributed by atoms with van der Waals surface area (Å²) in [5.74, 6) is 0.984. The number of likely N-dealkylation sites (tertiary alicyclic amines) is 1. The van der Waals surface area contributed by atoms with E-state index in [2.05, 4.69) is 9.88 Å². The van der Waals surface area contributed by atoms with E-state index < -0.39 is 16.6 Å². The molecule has 2 aromatic rings. The molecule has 0 amide bonds. The average molecular weight is 501 g/mol. The van der Waals surface area contributed by atoms with E-state index in [1.165, 1.54) is 19.3 Å². The van der Waals surface area contributed by atoms with E-state index in [9.17, 15) is 4.21 Å². The third-order valence-corrected chi connectivity index (χ3v) is 8.64. The van der Waals surface area contributed by atoms with Gasteiger partial charge in [-0.2, -0.15) is 4.98 Å². The van der Waals surface area contributed by atoms with E-state index in [0.29, 0.717) is 49.6 Å². The van der Waals surface area contributed by atoms with Gasteiger partial charge >= 0.3 is 0 Å². The molecule has 0 radical (unpaired) electrons. The SMILES string of the molecule is Cc1cccnc1CN1CC2(CCOCC2)Oc2nc(OCCN3CCCCC3)c(C)cc2S1=O. The second-order valence-corrected chi connectivity index (χ2v) is 11.3. The molecule has 8 nitrogen and oxygen atoms in total. The van der Waals surface area contributed by atoms with Crippen molar-refractivity contribution in [3.05, 3.63) is 41.2 Å². The summed E-state index contributed by atoms with van der Waals surface area (Å²) in [6.45, 7) is 9.99. The van der Waals surface area contributed by atoms with Gasteiger partial charge in [0.25, 0.3) is 0 Å². The van der Waals surface area contributed by atoms with E-state index in [0.717, 1.165) is 49.3 Å². The molecule has 1 spiro atoms. The molecule has 1 atom stereocenters. The predicted molar refractivity (Wildman–Crippen MR) is 134 cm³/mol. The number of pyridine rings is 2. The maximum Gasteiger partial charge on any atom is 0.235 e. The fourth-order valence-corrected chi connectivity index (χ4v) is 6.46. The first kappa shape index (κ1) is 24.6. The third-order valence-electron chi connectivity index (χ3n) is 7.24. The maximum atomic E-state index is 13.9. The fraction of sp³-hybridized carbons (Fsp3) is 0.615. The van der Waals surface area contributed by atoms with Gasteiger partial charge < -0.3 is 14.2 Å². The molecule has 35 heavy (non-hydrogen) atoms. The lowest BCUT2D eigenvalue weighted by molar-refractivity contribution is -0.0554. The number of aryl methyl sites for hydroxylation is 2. The quantitative estimate of drug-likeness (QED) is 0.601. The van der Waals surface area contributed by atoms with Crippen LogP contribution in [0.5, 0.6) is 11.8 Å². The zero-order valence-corrected chi connectivity index (χ0v) is 21.6. The topological polar surface area (TPSA) is 77.0 Å². The van der Waals surface area contributed by atoms with Gasteiger partial charge in [0, 0.05) is 31.1 Å². The molecule has 3 aliphatic rings. The van der Waals surface area contributed by atoms with Gasteiger partial charge in [0.1, 0.15) is 28.1 Å². The summed E-state index contributed by atoms with van der Waals surface area (Å²) in [6, 6.07) is 5.89. The van der Waals surface area contributed by atoms with Crippen molar-refractivity contribution in [3.8, 4) is 11.8 Å². The molecule has 9 heteroatoms. The summed E-state index contributed by atoms with van der Waals surface area (Å²) in [4.78, 5) is 12.4. The highest BCUT2D eigenvalue weighted by molar-refractivity contribution is 7.82. The van der Waals surface area contributed by atoms with Gasteiger partial charge in [-0.1, -0.05) is 12.5 Å². The Morgan fingerprint density at radius 3 is 2.71 bits per heavy atom. The number of rotatable bonds is 6. The van der Waals surface area contributed by atoms with Crippen molar-refractivity contribution in [3.63, 3.8) is 0 Å². The average Bonchev–Trinajstić information content (AvgIpc) is 2.96. The normalized spacial score (nSPS) is 22.9. The Kier molecular flexibility index (Phi) is 7.67. The van der Waals surface area contributed by atoms with Gasteiger partial charge in [-0.05, 0) is 57.5 Å². The Bertz CT molecular complexity index is 1050. The number of hydrogen-bond acceptors (Lipinski definition) is 7. The summed E-state index contributed by atoms with van der Waals surface area (Å²) in [5, 5.41) is 0. The Hall–Kier alpha value is -2.07. The molecule has 0 aromatic carbocycles. The van der Waals surface area contributed by atoms with Gasteiger partial charge in [-0.15, -0.1) is 0 Å². The van der Waals surface area contributed by atoms with Crippen LogP contribution in [0.4, 0.5) is 0 Å². The van der Waals surface area contributed by atoms with Crippen LogP contribution in [0.25, 0.3) is 0 Å². The Balaban J connectivity index is 1.40. The van der Waals surface area contributed by atoms with Crippen molar-refractivity contribution in [2.45, 2.75) is 63.0 Å². The highest BCUT2D eigenvalue weighted by Gasteiger charge is 2.43. The van der Waals surface area contributed by atoms with Crippen molar-refractivity contribution < 1.29 is 18.4 Å². The van der Waals surface area contributed by atoms with E-state index in [1.54, 1.807) is 6.20 Å². The first-order valence-corrected chi connectivity index (χ1v) is 13.8. The first-order chi connectivity index (χ1) is 17.0. The lowest BCUT2D eigenvalue weighted by Crippen LogP contribution is -2.49. The molecule has 2 saturated heterocycles. The number of ether oxygens (including phenoxy) is 3. The van der Waals surface area contributed by atoms with Crippen LogP contribution in [0.15, 0.2) is 29.3 Å². The summed E-state index contributed by atoms with van der Waals surface area (Å²) in [7, 11) is -1.43. The molecular formula is C26H36N4O4S. The minimum absolute atomic E-state index is 0.420. The van der Waals surface area contributed by atoms with Crippen LogP contribution < -0.4 is 9.47 Å². The summed E-state index contributed by atoms with van der Waals surface area (Å²) < 4.78 is 34.2. The first-order valence-electron chi connectivity index (χ1n) is 12.7. The molecule has 0 aliphatic carbocycles. The highest BCUT2D eigenvalue weighted by atomic mass is 32.2. The Morgan fingerprint density at radius 1 is 1.14 bits per heavy atom. The van der Waals surface area contributed by atoms with Crippen molar-refractivity contribution >= 4 is 11.0 Å². The van der Waals surface area contributed by atoms with E-state index >= 15 is 0 Å². The molecule has 0 bridgehead atoms. The van der Waals surface area contributed by atoms with Crippen LogP contribution in [0.3, 0.4) is 0 Å². The Morgan fingerprint density at radius 2 is 1.94 bits per heavy atom. The highest BCUT2D eigenvalue weighted by Crippen LogP contribution is 2.38. The largest absolute Gasteiger partial charge is 0.476 e. The molecule has 3 aliphatic heterocycles. The molecule has 0 N–H and O–H groups in total. The van der Waals surface area contributed by atoms with Gasteiger partial charge in [0.15, 0.2) is 0 Å². The predicted octanol–water partition coefficient (Wildman–Crippen LogP) is 3.42. The molecule has 5 heterocycles. The molecule has 190 valence electrons. The molecule has 1 unspecified atom stereocenters. The van der Waals surface area contributed by atoms with Crippen LogP contribution in [-0.2, 0) is 22.3 Å². The zero-order chi connectivity index (χ0) is 24.3. The van der Waals surface area contributed by atoms with Gasteiger partial charge in [0.05, 0.1) is 32.0 Å². The van der Waals surface area contributed by atoms with Crippen molar-refractivity contribution in [1.82, 2.24) is 19.2 Å². The second-order valence-electron chi connectivity index (χ2n) is 9.88. The standard InChI is InChI=1S/C26H36N4O4S/c1-20-7-6-10-27-22(20)18-30-19-26(8-14-32-15-9-26)34-25-23(35(30)31)17-21(2)24(28-25)33-16-13-29-11-4-3-5-12-29/h6-7,10,17H,3-5,8-9,11-16,18-19H2,1-2H3. The van der Waals surface area contributed by atoms with E-state index in [1.807, 2.05) is 36.4 Å². The van der Waals surface area contributed by atoms with E-state index in [-0.39, 0.29) is 0 Å². The monoisotopic (exact) mass is 500 g/mol. The minimum Gasteiger partial charge on any atom is -0.476 e. The number of piperidine rings is 1. The second kappa shape index (κ2) is 10.9. The van der Waals surface area contributed by atoms with Gasteiger partial charge in [0.2, 0.25) is 11.8 Å². The van der Waals surface area contributed by atoms with Crippen LogP contribution in [0.2, 0.25) is 0 Å². The third kappa shape index (κ3) is 5.69. The van der Waals surface area contributed by atoms with E-state index in [4.69, 9.17) is 19.2 Å². The number of fused-ring (bicyclic) bond motifs is 1. The number of aromatic nitrogens is 2. The van der Waals surface area contributed by atoms with Crippen molar-refractivity contribution in [1.29, 1.82) is 0 Å². The van der Waals surface area contributed by atoms with Crippen molar-refractivity contribution in [2.24, 2.45) is 0 Å². The van der Waals surface area contributed by atoms with Crippen LogP contribution in [0, 0.1) is 13.8 Å². The van der Waals surface area contributed by atoms with Gasteiger partial charge in [-0.25, -0.2) is 8.51 Å². The zero-order valence-electron chi connectivity index (χ0n) is 20.8. The summed E-state index contributed by atoms with van der Waals surface area (Å²) in [6.07, 6.45) is 7.08. The lowest BCUT2D eigenvalue weighted by atomic mass is 9.93. The molecule has 2 aromatic heterocycles. The number of hydrogen-bond donors (Lipinski definition) is 0. The fourth-order valence-electron chi connectivity index (χ4n) is 5.08. The van der Waals surface area contributed by atoms with Crippen LogP contribution in [0.1, 0.15) is 48.9 Å². The smallest absolute Gasteiger partial charge is 0.235 e. The summed E-state index contributed by atoms with van der Waals surface area (Å²) in [5.41, 5.74) is 2.38. The minimum atomic E-state index is -1.43. The van der Waals surface area contributed by atoms with Crippen LogP contribution in [-0.4, -0.2) is 75.0 Å². The molecule has 2 fully saturated rings. The maximum absolute atomic E-state index is 13.9. The number of nitrogens with zero attached hydrogens (tertiary/aromatic N) is 4. The van der Waals surface area contributed by atoms with Crippen molar-refractivity contribution in [2.75, 3.05) is 46.0 Å².